The van der Waals surface area contributed by atoms with E-state index in [1.54, 1.807) is 18.2 Å². The molecule has 118 valence electrons. The minimum atomic E-state index is -0.0535. The average molecular weight is 314 g/mol. The Labute approximate surface area is 131 Å². The van der Waals surface area contributed by atoms with Gasteiger partial charge in [0, 0.05) is 24.6 Å². The zero-order valence-electron chi connectivity index (χ0n) is 12.4. The molecule has 5 nitrogen and oxygen atoms in total. The molecule has 0 heterocycles. The molecule has 0 saturated carbocycles. The van der Waals surface area contributed by atoms with Crippen molar-refractivity contribution in [2.24, 2.45) is 0 Å². The fourth-order valence-corrected chi connectivity index (χ4v) is 2.23. The van der Waals surface area contributed by atoms with Crippen LogP contribution < -0.4 is 11.1 Å². The summed E-state index contributed by atoms with van der Waals surface area (Å²) in [5.41, 5.74) is 6.85. The highest BCUT2D eigenvalue weighted by atomic mass is 35.5. The van der Waals surface area contributed by atoms with Gasteiger partial charge in [0.05, 0.1) is 11.4 Å². The number of nitrogens with one attached hydrogen (secondary N) is 1. The number of hydrogen-bond donors (Lipinski definition) is 3. The van der Waals surface area contributed by atoms with Crippen LogP contribution in [0.15, 0.2) is 18.2 Å². The summed E-state index contributed by atoms with van der Waals surface area (Å²) < 4.78 is 0. The summed E-state index contributed by atoms with van der Waals surface area (Å²) in [6, 6.07) is 5.02. The first-order valence-electron chi connectivity index (χ1n) is 7.25. The molecular formula is C15H24ClN3O2. The van der Waals surface area contributed by atoms with Crippen molar-refractivity contribution in [1.29, 1.82) is 0 Å². The number of nitrogens with zero attached hydrogens (tertiary/aromatic N) is 1. The number of aliphatic hydroxyl groups excluding tert-OH is 1. The highest BCUT2D eigenvalue weighted by Gasteiger charge is 2.07. The Bertz CT molecular complexity index is 455. The van der Waals surface area contributed by atoms with Crippen molar-refractivity contribution in [2.45, 2.75) is 26.2 Å². The number of hydrogen-bond acceptors (Lipinski definition) is 4. The quantitative estimate of drug-likeness (QED) is 0.611. The lowest BCUT2D eigenvalue weighted by Gasteiger charge is -2.19. The smallest absolute Gasteiger partial charge is 0.224 e. The van der Waals surface area contributed by atoms with E-state index in [9.17, 15) is 4.79 Å². The third kappa shape index (κ3) is 6.80. The molecule has 0 radical (unpaired) electrons. The Morgan fingerprint density at radius 3 is 2.71 bits per heavy atom. The van der Waals surface area contributed by atoms with Crippen molar-refractivity contribution in [3.05, 3.63) is 23.2 Å². The largest absolute Gasteiger partial charge is 0.397 e. The Kier molecular flexibility index (Phi) is 8.12. The van der Waals surface area contributed by atoms with Crippen LogP contribution in [0.2, 0.25) is 5.02 Å². The zero-order valence-corrected chi connectivity index (χ0v) is 13.2. The second kappa shape index (κ2) is 9.60. The Balaban J connectivity index is 2.33. The molecule has 0 atom stereocenters. The predicted octanol–water partition coefficient (Wildman–Crippen LogP) is 2.35. The van der Waals surface area contributed by atoms with Crippen LogP contribution in [0.5, 0.6) is 0 Å². The number of nitrogen functional groups attached to an aromatic ring is 1. The highest BCUT2D eigenvalue weighted by Crippen LogP contribution is 2.22. The number of benzene rings is 1. The van der Waals surface area contributed by atoms with Gasteiger partial charge in [-0.05, 0) is 44.1 Å². The van der Waals surface area contributed by atoms with Crippen LogP contribution in [0.3, 0.4) is 0 Å². The van der Waals surface area contributed by atoms with Crippen molar-refractivity contribution in [3.63, 3.8) is 0 Å². The zero-order chi connectivity index (χ0) is 15.7. The monoisotopic (exact) mass is 313 g/mol. The van der Waals surface area contributed by atoms with Gasteiger partial charge in [-0.15, -0.1) is 0 Å². The number of rotatable bonds is 9. The standard InChI is InChI=1S/C15H24ClN3O2/c1-2-19(9-4-10-20)8-3-5-15(21)18-14-7-6-12(16)11-13(14)17/h6-7,11,20H,2-5,8-10,17H2,1H3,(H,18,21). The van der Waals surface area contributed by atoms with Crippen LogP contribution in [0, 0.1) is 0 Å². The molecule has 6 heteroatoms. The van der Waals surface area contributed by atoms with E-state index in [2.05, 4.69) is 17.1 Å². The normalized spacial score (nSPS) is 10.9. The van der Waals surface area contributed by atoms with Crippen LogP contribution in [-0.4, -0.2) is 42.2 Å². The molecular weight excluding hydrogens is 290 g/mol. The van der Waals surface area contributed by atoms with E-state index < -0.39 is 0 Å². The molecule has 1 aromatic rings. The predicted molar refractivity (Wildman–Crippen MR) is 87.5 cm³/mol. The van der Waals surface area contributed by atoms with E-state index >= 15 is 0 Å². The van der Waals surface area contributed by atoms with Gasteiger partial charge in [0.15, 0.2) is 0 Å². The molecule has 0 bridgehead atoms. The number of amides is 1. The van der Waals surface area contributed by atoms with Gasteiger partial charge in [-0.25, -0.2) is 0 Å². The van der Waals surface area contributed by atoms with Crippen LogP contribution in [0.1, 0.15) is 26.2 Å². The van der Waals surface area contributed by atoms with Crippen LogP contribution in [0.4, 0.5) is 11.4 Å². The average Bonchev–Trinajstić information content (AvgIpc) is 2.45. The van der Waals surface area contributed by atoms with E-state index in [4.69, 9.17) is 22.4 Å². The summed E-state index contributed by atoms with van der Waals surface area (Å²) in [6.45, 7) is 4.91. The van der Waals surface area contributed by atoms with Gasteiger partial charge >= 0.3 is 0 Å². The van der Waals surface area contributed by atoms with Crippen LogP contribution in [-0.2, 0) is 4.79 Å². The molecule has 0 aliphatic rings. The third-order valence-electron chi connectivity index (χ3n) is 3.25. The molecule has 4 N–H and O–H groups in total. The highest BCUT2D eigenvalue weighted by molar-refractivity contribution is 6.31. The Morgan fingerprint density at radius 1 is 1.38 bits per heavy atom. The minimum absolute atomic E-state index is 0.0535. The fraction of sp³-hybridized carbons (Fsp3) is 0.533. The van der Waals surface area contributed by atoms with Crippen molar-refractivity contribution < 1.29 is 9.90 Å². The molecule has 0 spiro atoms. The van der Waals surface area contributed by atoms with E-state index in [0.717, 1.165) is 32.5 Å². The third-order valence-corrected chi connectivity index (χ3v) is 3.48. The summed E-state index contributed by atoms with van der Waals surface area (Å²) in [6.07, 6.45) is 1.98. The van der Waals surface area contributed by atoms with Gasteiger partial charge in [-0.3, -0.25) is 4.79 Å². The maximum Gasteiger partial charge on any atom is 0.224 e. The van der Waals surface area contributed by atoms with Gasteiger partial charge < -0.3 is 21.1 Å². The molecule has 0 fully saturated rings. The molecule has 0 unspecified atom stereocenters. The molecule has 0 aliphatic carbocycles. The number of halogens is 1. The second-order valence-corrected chi connectivity index (χ2v) is 5.33. The van der Waals surface area contributed by atoms with Crippen molar-refractivity contribution in [3.8, 4) is 0 Å². The molecule has 0 saturated heterocycles. The Hall–Kier alpha value is -1.30. The number of carbonyl (C=O) groups is 1. The van der Waals surface area contributed by atoms with Gasteiger partial charge in [0.2, 0.25) is 5.91 Å². The summed E-state index contributed by atoms with van der Waals surface area (Å²) >= 11 is 5.81. The molecule has 1 aromatic carbocycles. The van der Waals surface area contributed by atoms with E-state index in [1.807, 2.05) is 0 Å². The number of nitrogens with two attached hydrogens (primary N) is 1. The Morgan fingerprint density at radius 2 is 2.10 bits per heavy atom. The number of anilines is 2. The topological polar surface area (TPSA) is 78.6 Å². The molecule has 0 aromatic heterocycles. The molecule has 1 rings (SSSR count). The lowest BCUT2D eigenvalue weighted by Crippen LogP contribution is -2.27. The molecule has 1 amide bonds. The van der Waals surface area contributed by atoms with Crippen LogP contribution >= 0.6 is 11.6 Å². The van der Waals surface area contributed by atoms with Gasteiger partial charge in [-0.1, -0.05) is 18.5 Å². The number of aliphatic hydroxyl groups is 1. The van der Waals surface area contributed by atoms with E-state index in [1.165, 1.54) is 0 Å². The molecule has 0 aliphatic heterocycles. The van der Waals surface area contributed by atoms with Gasteiger partial charge in [0.1, 0.15) is 0 Å². The first-order chi connectivity index (χ1) is 10.1. The first-order valence-corrected chi connectivity index (χ1v) is 7.62. The van der Waals surface area contributed by atoms with Gasteiger partial charge in [-0.2, -0.15) is 0 Å². The van der Waals surface area contributed by atoms with E-state index in [0.29, 0.717) is 22.8 Å². The second-order valence-electron chi connectivity index (χ2n) is 4.89. The number of carbonyl (C=O) groups excluding carboxylic acids is 1. The van der Waals surface area contributed by atoms with E-state index in [-0.39, 0.29) is 12.5 Å². The summed E-state index contributed by atoms with van der Waals surface area (Å²) in [7, 11) is 0. The fourth-order valence-electron chi connectivity index (χ4n) is 2.05. The van der Waals surface area contributed by atoms with Crippen LogP contribution in [0.25, 0.3) is 0 Å². The lowest BCUT2D eigenvalue weighted by molar-refractivity contribution is -0.116. The minimum Gasteiger partial charge on any atom is -0.397 e. The first kappa shape index (κ1) is 17.8. The maximum absolute atomic E-state index is 11.9. The van der Waals surface area contributed by atoms with Crippen molar-refractivity contribution >= 4 is 28.9 Å². The summed E-state index contributed by atoms with van der Waals surface area (Å²) in [4.78, 5) is 14.1. The van der Waals surface area contributed by atoms with Crippen molar-refractivity contribution in [1.82, 2.24) is 4.90 Å². The lowest BCUT2D eigenvalue weighted by atomic mass is 10.2. The van der Waals surface area contributed by atoms with Crippen molar-refractivity contribution in [2.75, 3.05) is 37.3 Å². The van der Waals surface area contributed by atoms with Gasteiger partial charge in [0.25, 0.3) is 0 Å². The molecule has 21 heavy (non-hydrogen) atoms. The summed E-state index contributed by atoms with van der Waals surface area (Å²) in [5, 5.41) is 12.2. The maximum atomic E-state index is 11.9. The summed E-state index contributed by atoms with van der Waals surface area (Å²) in [5.74, 6) is -0.0535. The SMILES string of the molecule is CCN(CCCO)CCCC(=O)Nc1ccc(Cl)cc1N.